The van der Waals surface area contributed by atoms with Crippen LogP contribution in [0.15, 0.2) is 36.5 Å². The first-order valence-electron chi connectivity index (χ1n) is 5.18. The highest BCUT2D eigenvalue weighted by molar-refractivity contribution is 5.65. The SMILES string of the molecule is Cc1cc(C)c(-c2ccccn2)cc1C. The molecule has 2 aromatic rings. The van der Waals surface area contributed by atoms with Crippen molar-refractivity contribution in [3.8, 4) is 11.3 Å². The van der Waals surface area contributed by atoms with Gasteiger partial charge < -0.3 is 0 Å². The van der Waals surface area contributed by atoms with Gasteiger partial charge in [0.2, 0.25) is 0 Å². The van der Waals surface area contributed by atoms with Crippen LogP contribution in [0.4, 0.5) is 0 Å². The quantitative estimate of drug-likeness (QED) is 0.679. The van der Waals surface area contributed by atoms with Crippen LogP contribution >= 0.6 is 0 Å². The molecule has 0 spiro atoms. The lowest BCUT2D eigenvalue weighted by Gasteiger charge is -2.08. The van der Waals surface area contributed by atoms with E-state index in [0.717, 1.165) is 5.69 Å². The molecule has 0 aliphatic heterocycles. The van der Waals surface area contributed by atoms with Crippen molar-refractivity contribution >= 4 is 0 Å². The Bertz CT molecular complexity index is 472. The molecule has 2 rings (SSSR count). The first-order chi connectivity index (χ1) is 7.18. The van der Waals surface area contributed by atoms with E-state index in [9.17, 15) is 0 Å². The van der Waals surface area contributed by atoms with Gasteiger partial charge in [-0.15, -0.1) is 0 Å². The Morgan fingerprint density at radius 2 is 1.60 bits per heavy atom. The molecule has 1 heterocycles. The van der Waals surface area contributed by atoms with Gasteiger partial charge in [-0.3, -0.25) is 4.98 Å². The molecular formula is C14H15N. The summed E-state index contributed by atoms with van der Waals surface area (Å²) in [5.41, 5.74) is 6.24. The van der Waals surface area contributed by atoms with E-state index in [1.807, 2.05) is 18.3 Å². The molecule has 0 aliphatic carbocycles. The normalized spacial score (nSPS) is 10.3. The van der Waals surface area contributed by atoms with Crippen molar-refractivity contribution in [1.82, 2.24) is 4.98 Å². The van der Waals surface area contributed by atoms with E-state index >= 15 is 0 Å². The van der Waals surface area contributed by atoms with Crippen molar-refractivity contribution in [2.75, 3.05) is 0 Å². The maximum absolute atomic E-state index is 4.38. The predicted molar refractivity (Wildman–Crippen MR) is 63.9 cm³/mol. The number of rotatable bonds is 1. The number of aromatic nitrogens is 1. The largest absolute Gasteiger partial charge is 0.256 e. The molecule has 0 saturated carbocycles. The highest BCUT2D eigenvalue weighted by atomic mass is 14.7. The van der Waals surface area contributed by atoms with Crippen LogP contribution in [0.1, 0.15) is 16.7 Å². The summed E-state index contributed by atoms with van der Waals surface area (Å²) in [5, 5.41) is 0. The summed E-state index contributed by atoms with van der Waals surface area (Å²) in [6, 6.07) is 10.5. The lowest BCUT2D eigenvalue weighted by molar-refractivity contribution is 1.26. The zero-order valence-corrected chi connectivity index (χ0v) is 9.41. The van der Waals surface area contributed by atoms with Gasteiger partial charge in [0.15, 0.2) is 0 Å². The van der Waals surface area contributed by atoms with E-state index in [2.05, 4.69) is 44.0 Å². The average molecular weight is 197 g/mol. The highest BCUT2D eigenvalue weighted by Crippen LogP contribution is 2.24. The molecule has 1 aromatic carbocycles. The van der Waals surface area contributed by atoms with Crippen molar-refractivity contribution in [2.45, 2.75) is 20.8 Å². The van der Waals surface area contributed by atoms with Crippen LogP contribution in [0.3, 0.4) is 0 Å². The van der Waals surface area contributed by atoms with Crippen molar-refractivity contribution in [1.29, 1.82) is 0 Å². The number of hydrogen-bond donors (Lipinski definition) is 0. The Morgan fingerprint density at radius 1 is 0.867 bits per heavy atom. The summed E-state index contributed by atoms with van der Waals surface area (Å²) < 4.78 is 0. The Balaban J connectivity index is 2.59. The maximum atomic E-state index is 4.38. The molecule has 0 saturated heterocycles. The van der Waals surface area contributed by atoms with Gasteiger partial charge in [0.1, 0.15) is 0 Å². The molecule has 0 fully saturated rings. The molecule has 1 heteroatoms. The van der Waals surface area contributed by atoms with E-state index in [0.29, 0.717) is 0 Å². The van der Waals surface area contributed by atoms with Crippen molar-refractivity contribution in [3.63, 3.8) is 0 Å². The van der Waals surface area contributed by atoms with Gasteiger partial charge in [0, 0.05) is 11.8 Å². The summed E-state index contributed by atoms with van der Waals surface area (Å²) in [6.45, 7) is 6.42. The molecule has 15 heavy (non-hydrogen) atoms. The molecule has 76 valence electrons. The third-order valence-corrected chi connectivity index (χ3v) is 2.78. The van der Waals surface area contributed by atoms with Crippen LogP contribution < -0.4 is 0 Å². The minimum Gasteiger partial charge on any atom is -0.256 e. The van der Waals surface area contributed by atoms with Gasteiger partial charge in [0.05, 0.1) is 5.69 Å². The second kappa shape index (κ2) is 3.85. The number of nitrogens with zero attached hydrogens (tertiary/aromatic N) is 1. The third kappa shape index (κ3) is 1.91. The van der Waals surface area contributed by atoms with Crippen molar-refractivity contribution in [2.24, 2.45) is 0 Å². The van der Waals surface area contributed by atoms with Gasteiger partial charge in [0.25, 0.3) is 0 Å². The van der Waals surface area contributed by atoms with Gasteiger partial charge in [-0.1, -0.05) is 12.1 Å². The first-order valence-corrected chi connectivity index (χ1v) is 5.18. The molecule has 0 amide bonds. The average Bonchev–Trinajstić information content (AvgIpc) is 2.25. The van der Waals surface area contributed by atoms with Crippen LogP contribution in [0.5, 0.6) is 0 Å². The maximum Gasteiger partial charge on any atom is 0.0704 e. The van der Waals surface area contributed by atoms with Crippen LogP contribution in [0.25, 0.3) is 11.3 Å². The van der Waals surface area contributed by atoms with Crippen molar-refractivity contribution in [3.05, 3.63) is 53.2 Å². The topological polar surface area (TPSA) is 12.9 Å². The van der Waals surface area contributed by atoms with Gasteiger partial charge in [-0.25, -0.2) is 0 Å². The predicted octanol–water partition coefficient (Wildman–Crippen LogP) is 3.67. The lowest BCUT2D eigenvalue weighted by Crippen LogP contribution is -1.90. The Morgan fingerprint density at radius 3 is 2.27 bits per heavy atom. The van der Waals surface area contributed by atoms with Gasteiger partial charge in [-0.2, -0.15) is 0 Å². The van der Waals surface area contributed by atoms with Crippen LogP contribution in [-0.2, 0) is 0 Å². The molecule has 0 bridgehead atoms. The van der Waals surface area contributed by atoms with Gasteiger partial charge in [-0.05, 0) is 55.7 Å². The molecule has 0 aliphatic rings. The number of benzene rings is 1. The van der Waals surface area contributed by atoms with E-state index in [-0.39, 0.29) is 0 Å². The van der Waals surface area contributed by atoms with Crippen molar-refractivity contribution < 1.29 is 0 Å². The molecule has 0 N–H and O–H groups in total. The Labute approximate surface area is 90.8 Å². The minimum atomic E-state index is 1.05. The fourth-order valence-electron chi connectivity index (χ4n) is 1.76. The number of pyridine rings is 1. The fraction of sp³-hybridized carbons (Fsp3) is 0.214. The van der Waals surface area contributed by atoms with E-state index < -0.39 is 0 Å². The lowest BCUT2D eigenvalue weighted by atomic mass is 9.98. The second-order valence-electron chi connectivity index (χ2n) is 3.97. The van der Waals surface area contributed by atoms with Crippen LogP contribution in [0.2, 0.25) is 0 Å². The highest BCUT2D eigenvalue weighted by Gasteiger charge is 2.04. The Hall–Kier alpha value is -1.63. The monoisotopic (exact) mass is 197 g/mol. The Kier molecular flexibility index (Phi) is 2.55. The standard InChI is InChI=1S/C14H15N/c1-10-8-12(3)13(9-11(10)2)14-6-4-5-7-15-14/h4-9H,1-3H3. The summed E-state index contributed by atoms with van der Waals surface area (Å²) in [4.78, 5) is 4.38. The third-order valence-electron chi connectivity index (χ3n) is 2.78. The molecule has 1 nitrogen and oxygen atoms in total. The number of hydrogen-bond acceptors (Lipinski definition) is 1. The summed E-state index contributed by atoms with van der Waals surface area (Å²) in [7, 11) is 0. The first kappa shape index (κ1) is 9.91. The van der Waals surface area contributed by atoms with Gasteiger partial charge >= 0.3 is 0 Å². The molecular weight excluding hydrogens is 182 g/mol. The zero-order chi connectivity index (χ0) is 10.8. The van der Waals surface area contributed by atoms with E-state index in [4.69, 9.17) is 0 Å². The van der Waals surface area contributed by atoms with Crippen LogP contribution in [-0.4, -0.2) is 4.98 Å². The zero-order valence-electron chi connectivity index (χ0n) is 9.41. The van der Waals surface area contributed by atoms with Crippen LogP contribution in [0, 0.1) is 20.8 Å². The fourth-order valence-corrected chi connectivity index (χ4v) is 1.76. The summed E-state index contributed by atoms with van der Waals surface area (Å²) >= 11 is 0. The molecule has 1 aromatic heterocycles. The van der Waals surface area contributed by atoms with E-state index in [1.54, 1.807) is 0 Å². The second-order valence-corrected chi connectivity index (χ2v) is 3.97. The minimum absolute atomic E-state index is 1.05. The van der Waals surface area contributed by atoms with E-state index in [1.165, 1.54) is 22.3 Å². The molecule has 0 radical (unpaired) electrons. The summed E-state index contributed by atoms with van der Waals surface area (Å²) in [6.07, 6.45) is 1.84. The molecule has 0 atom stereocenters. The smallest absolute Gasteiger partial charge is 0.0704 e. The number of aryl methyl sites for hydroxylation is 3. The summed E-state index contributed by atoms with van der Waals surface area (Å²) in [5.74, 6) is 0. The molecule has 0 unspecified atom stereocenters.